The number of halogens is 1. The van der Waals surface area contributed by atoms with E-state index in [1.165, 1.54) is 0 Å². The Kier molecular flexibility index (Phi) is 5.16. The maximum absolute atomic E-state index is 11.8. The van der Waals surface area contributed by atoms with E-state index in [0.29, 0.717) is 17.0 Å². The Hall–Kier alpha value is -1.55. The Morgan fingerprint density at radius 3 is 2.33 bits per heavy atom. The van der Waals surface area contributed by atoms with Crippen molar-refractivity contribution in [2.75, 3.05) is 0 Å². The van der Waals surface area contributed by atoms with Gasteiger partial charge in [-0.1, -0.05) is 37.6 Å². The fraction of sp³-hybridized carbons (Fsp3) is 0.385. The van der Waals surface area contributed by atoms with Crippen LogP contribution < -0.4 is 11.1 Å². The topological polar surface area (TPSA) is 72.2 Å². The Bertz CT molecular complexity index is 431. The van der Waals surface area contributed by atoms with Gasteiger partial charge in [0.05, 0.1) is 0 Å². The van der Waals surface area contributed by atoms with Crippen molar-refractivity contribution in [3.8, 4) is 0 Å². The number of primary amides is 1. The zero-order chi connectivity index (χ0) is 13.7. The van der Waals surface area contributed by atoms with Crippen LogP contribution in [-0.2, 0) is 9.59 Å². The van der Waals surface area contributed by atoms with Crippen molar-refractivity contribution in [1.82, 2.24) is 5.32 Å². The molecule has 0 aliphatic rings. The van der Waals surface area contributed by atoms with E-state index < -0.39 is 11.9 Å². The third kappa shape index (κ3) is 3.74. The van der Waals surface area contributed by atoms with Gasteiger partial charge < -0.3 is 11.1 Å². The number of carbonyl (C=O) groups excluding carboxylic acids is 2. The fourth-order valence-corrected chi connectivity index (χ4v) is 1.57. The van der Waals surface area contributed by atoms with Gasteiger partial charge in [0.25, 0.3) is 0 Å². The monoisotopic (exact) mass is 268 g/mol. The first kappa shape index (κ1) is 14.5. The van der Waals surface area contributed by atoms with Gasteiger partial charge in [-0.3, -0.25) is 9.59 Å². The molecule has 0 heterocycles. The van der Waals surface area contributed by atoms with Crippen LogP contribution in [0, 0.1) is 5.92 Å². The second-order valence-corrected chi connectivity index (χ2v) is 4.64. The van der Waals surface area contributed by atoms with E-state index in [4.69, 9.17) is 17.3 Å². The first-order valence-corrected chi connectivity index (χ1v) is 6.18. The standard InChI is InChI=1S/C13H17ClN2O2/c1-3-8(2)13(18)16-11(12(15)17)9-4-6-10(14)7-5-9/h4-8,11H,3H2,1-2H3,(H2,15,17)(H,16,18)/t8-,11-/m1/s1. The van der Waals surface area contributed by atoms with Crippen molar-refractivity contribution in [3.05, 3.63) is 34.9 Å². The first-order chi connectivity index (χ1) is 8.45. The molecular weight excluding hydrogens is 252 g/mol. The molecule has 4 nitrogen and oxygen atoms in total. The summed E-state index contributed by atoms with van der Waals surface area (Å²) in [4.78, 5) is 23.2. The summed E-state index contributed by atoms with van der Waals surface area (Å²) in [6, 6.07) is 5.84. The molecule has 2 amide bonds. The van der Waals surface area contributed by atoms with E-state index in [2.05, 4.69) is 5.32 Å². The van der Waals surface area contributed by atoms with Crippen LogP contribution in [-0.4, -0.2) is 11.8 Å². The number of rotatable bonds is 5. The quantitative estimate of drug-likeness (QED) is 0.858. The molecule has 0 fully saturated rings. The molecule has 1 rings (SSSR count). The van der Waals surface area contributed by atoms with Crippen molar-refractivity contribution in [2.45, 2.75) is 26.3 Å². The molecule has 3 N–H and O–H groups in total. The number of hydrogen-bond donors (Lipinski definition) is 2. The number of amides is 2. The summed E-state index contributed by atoms with van der Waals surface area (Å²) in [6.07, 6.45) is 0.706. The fourth-order valence-electron chi connectivity index (χ4n) is 1.44. The summed E-state index contributed by atoms with van der Waals surface area (Å²) in [7, 11) is 0. The van der Waals surface area contributed by atoms with Gasteiger partial charge in [0.15, 0.2) is 0 Å². The van der Waals surface area contributed by atoms with E-state index in [-0.39, 0.29) is 11.8 Å². The molecule has 1 aromatic carbocycles. The maximum atomic E-state index is 11.8. The molecule has 0 bridgehead atoms. The summed E-state index contributed by atoms with van der Waals surface area (Å²) in [5.74, 6) is -0.927. The predicted molar refractivity (Wildman–Crippen MR) is 71.0 cm³/mol. The molecule has 5 heteroatoms. The van der Waals surface area contributed by atoms with Crippen LogP contribution in [0.15, 0.2) is 24.3 Å². The molecule has 0 saturated heterocycles. The number of nitrogens with one attached hydrogen (secondary N) is 1. The third-order valence-corrected chi connectivity index (χ3v) is 3.09. The summed E-state index contributed by atoms with van der Waals surface area (Å²) in [5, 5.41) is 3.21. The van der Waals surface area contributed by atoms with Crippen LogP contribution in [0.1, 0.15) is 31.9 Å². The normalized spacial score (nSPS) is 13.7. The molecule has 0 spiro atoms. The number of nitrogens with two attached hydrogens (primary N) is 1. The van der Waals surface area contributed by atoms with Gasteiger partial charge in [-0.15, -0.1) is 0 Å². The van der Waals surface area contributed by atoms with Gasteiger partial charge >= 0.3 is 0 Å². The lowest BCUT2D eigenvalue weighted by Crippen LogP contribution is -2.39. The molecule has 0 aromatic heterocycles. The predicted octanol–water partition coefficient (Wildman–Crippen LogP) is 2.03. The number of benzene rings is 1. The van der Waals surface area contributed by atoms with Gasteiger partial charge in [0.1, 0.15) is 6.04 Å². The molecule has 0 radical (unpaired) electrons. The summed E-state index contributed by atoms with van der Waals surface area (Å²) in [5.41, 5.74) is 5.94. The molecule has 0 saturated carbocycles. The van der Waals surface area contributed by atoms with Crippen LogP contribution in [0.3, 0.4) is 0 Å². The maximum Gasteiger partial charge on any atom is 0.244 e. The highest BCUT2D eigenvalue weighted by atomic mass is 35.5. The Balaban J connectivity index is 2.87. The molecule has 0 unspecified atom stereocenters. The van der Waals surface area contributed by atoms with E-state index in [1.807, 2.05) is 6.92 Å². The number of hydrogen-bond acceptors (Lipinski definition) is 2. The highest BCUT2D eigenvalue weighted by Crippen LogP contribution is 2.17. The van der Waals surface area contributed by atoms with Crippen molar-refractivity contribution in [2.24, 2.45) is 11.7 Å². The molecule has 98 valence electrons. The molecule has 0 aliphatic carbocycles. The number of carbonyl (C=O) groups is 2. The zero-order valence-electron chi connectivity index (χ0n) is 10.4. The first-order valence-electron chi connectivity index (χ1n) is 5.80. The van der Waals surface area contributed by atoms with Crippen molar-refractivity contribution in [1.29, 1.82) is 0 Å². The van der Waals surface area contributed by atoms with Gasteiger partial charge in [-0.2, -0.15) is 0 Å². The SMILES string of the molecule is CC[C@@H](C)C(=O)N[C@@H](C(N)=O)c1ccc(Cl)cc1. The van der Waals surface area contributed by atoms with Gasteiger partial charge in [0.2, 0.25) is 11.8 Å². The van der Waals surface area contributed by atoms with E-state index in [0.717, 1.165) is 0 Å². The van der Waals surface area contributed by atoms with E-state index >= 15 is 0 Å². The minimum absolute atomic E-state index is 0.154. The highest BCUT2D eigenvalue weighted by Gasteiger charge is 2.22. The van der Waals surface area contributed by atoms with E-state index in [9.17, 15) is 9.59 Å². The second-order valence-electron chi connectivity index (χ2n) is 4.20. The third-order valence-electron chi connectivity index (χ3n) is 2.83. The van der Waals surface area contributed by atoms with Crippen LogP contribution in [0.25, 0.3) is 0 Å². The van der Waals surface area contributed by atoms with Gasteiger partial charge in [-0.05, 0) is 24.1 Å². The molecule has 1 aromatic rings. The van der Waals surface area contributed by atoms with Crippen LogP contribution in [0.2, 0.25) is 5.02 Å². The molecular formula is C13H17ClN2O2. The molecule has 0 aliphatic heterocycles. The minimum atomic E-state index is -0.816. The lowest BCUT2D eigenvalue weighted by atomic mass is 10.0. The van der Waals surface area contributed by atoms with E-state index in [1.54, 1.807) is 31.2 Å². The highest BCUT2D eigenvalue weighted by molar-refractivity contribution is 6.30. The van der Waals surface area contributed by atoms with Crippen molar-refractivity contribution >= 4 is 23.4 Å². The zero-order valence-corrected chi connectivity index (χ0v) is 11.2. The Morgan fingerprint density at radius 1 is 1.33 bits per heavy atom. The minimum Gasteiger partial charge on any atom is -0.368 e. The lowest BCUT2D eigenvalue weighted by Gasteiger charge is -2.18. The second kappa shape index (κ2) is 6.40. The molecule has 18 heavy (non-hydrogen) atoms. The Morgan fingerprint density at radius 2 is 1.89 bits per heavy atom. The van der Waals surface area contributed by atoms with Crippen LogP contribution in [0.5, 0.6) is 0 Å². The van der Waals surface area contributed by atoms with Gasteiger partial charge in [0, 0.05) is 10.9 Å². The summed E-state index contributed by atoms with van der Waals surface area (Å²) < 4.78 is 0. The van der Waals surface area contributed by atoms with Crippen LogP contribution in [0.4, 0.5) is 0 Å². The average molecular weight is 269 g/mol. The lowest BCUT2D eigenvalue weighted by molar-refractivity contribution is -0.129. The molecule has 2 atom stereocenters. The smallest absolute Gasteiger partial charge is 0.244 e. The van der Waals surface area contributed by atoms with Crippen LogP contribution >= 0.6 is 11.6 Å². The summed E-state index contributed by atoms with van der Waals surface area (Å²) in [6.45, 7) is 3.71. The largest absolute Gasteiger partial charge is 0.368 e. The van der Waals surface area contributed by atoms with Crippen molar-refractivity contribution < 1.29 is 9.59 Å². The van der Waals surface area contributed by atoms with Gasteiger partial charge in [-0.25, -0.2) is 0 Å². The Labute approximate surface area is 112 Å². The summed E-state index contributed by atoms with van der Waals surface area (Å²) >= 11 is 5.77. The van der Waals surface area contributed by atoms with Crippen molar-refractivity contribution in [3.63, 3.8) is 0 Å². The average Bonchev–Trinajstić information content (AvgIpc) is 2.35.